The first kappa shape index (κ1) is 16.1. The van der Waals surface area contributed by atoms with Crippen LogP contribution in [-0.2, 0) is 14.8 Å². The minimum absolute atomic E-state index is 0.285. The van der Waals surface area contributed by atoms with Crippen LogP contribution in [0.2, 0.25) is 0 Å². The van der Waals surface area contributed by atoms with Gasteiger partial charge in [-0.05, 0) is 44.0 Å². The SMILES string of the molecule is CO[C@H](C)c1nnc(-c2ccc(S(=O)(=O)N3CCCC3)cc2)o1. The van der Waals surface area contributed by atoms with Crippen molar-refractivity contribution in [2.75, 3.05) is 20.2 Å². The van der Waals surface area contributed by atoms with Gasteiger partial charge in [0.05, 0.1) is 4.90 Å². The third kappa shape index (κ3) is 3.15. The second kappa shape index (κ2) is 6.38. The molecule has 0 N–H and O–H groups in total. The molecule has 0 radical (unpaired) electrons. The largest absolute Gasteiger partial charge is 0.418 e. The Bertz CT molecular complexity index is 764. The van der Waals surface area contributed by atoms with Crippen LogP contribution in [0.15, 0.2) is 33.6 Å². The molecule has 0 aliphatic carbocycles. The normalized spacial score (nSPS) is 17.5. The van der Waals surface area contributed by atoms with Gasteiger partial charge in [0.1, 0.15) is 6.10 Å². The summed E-state index contributed by atoms with van der Waals surface area (Å²) in [6.45, 7) is 2.99. The maximum absolute atomic E-state index is 12.5. The van der Waals surface area contributed by atoms with Gasteiger partial charge in [-0.15, -0.1) is 10.2 Å². The summed E-state index contributed by atoms with van der Waals surface area (Å²) in [4.78, 5) is 0.285. The molecule has 124 valence electrons. The molecule has 1 fully saturated rings. The van der Waals surface area contributed by atoms with E-state index in [1.165, 1.54) is 4.31 Å². The Morgan fingerprint density at radius 2 is 1.83 bits per heavy atom. The summed E-state index contributed by atoms with van der Waals surface area (Å²) in [7, 11) is -1.84. The zero-order chi connectivity index (χ0) is 16.4. The van der Waals surface area contributed by atoms with Gasteiger partial charge >= 0.3 is 0 Å². The van der Waals surface area contributed by atoms with Crippen molar-refractivity contribution in [2.24, 2.45) is 0 Å². The summed E-state index contributed by atoms with van der Waals surface area (Å²) < 4.78 is 37.1. The van der Waals surface area contributed by atoms with E-state index in [0.717, 1.165) is 12.8 Å². The predicted molar refractivity (Wildman–Crippen MR) is 83.2 cm³/mol. The molecule has 1 aliphatic heterocycles. The second-order valence-electron chi connectivity index (χ2n) is 5.46. The predicted octanol–water partition coefficient (Wildman–Crippen LogP) is 2.23. The number of rotatable bonds is 5. The number of aromatic nitrogens is 2. The van der Waals surface area contributed by atoms with Crippen LogP contribution >= 0.6 is 0 Å². The fourth-order valence-electron chi connectivity index (χ4n) is 2.46. The van der Waals surface area contributed by atoms with E-state index in [-0.39, 0.29) is 11.0 Å². The Morgan fingerprint density at radius 1 is 1.17 bits per heavy atom. The van der Waals surface area contributed by atoms with E-state index in [2.05, 4.69) is 10.2 Å². The molecule has 1 aliphatic rings. The molecular weight excluding hydrogens is 318 g/mol. The molecule has 0 spiro atoms. The molecule has 1 atom stereocenters. The highest BCUT2D eigenvalue weighted by Crippen LogP contribution is 2.25. The molecule has 1 aromatic heterocycles. The van der Waals surface area contributed by atoms with Crippen LogP contribution in [-0.4, -0.2) is 43.1 Å². The number of nitrogens with zero attached hydrogens (tertiary/aromatic N) is 3. The van der Waals surface area contributed by atoms with E-state index in [0.29, 0.717) is 30.4 Å². The van der Waals surface area contributed by atoms with Crippen molar-refractivity contribution in [3.05, 3.63) is 30.2 Å². The molecular formula is C15H19N3O4S. The zero-order valence-electron chi connectivity index (χ0n) is 13.1. The van der Waals surface area contributed by atoms with Crippen LogP contribution < -0.4 is 0 Å². The van der Waals surface area contributed by atoms with E-state index in [1.807, 2.05) is 6.92 Å². The minimum atomic E-state index is -3.40. The highest BCUT2D eigenvalue weighted by Gasteiger charge is 2.27. The lowest BCUT2D eigenvalue weighted by molar-refractivity contribution is 0.0952. The molecule has 2 aromatic rings. The number of hydrogen-bond donors (Lipinski definition) is 0. The summed E-state index contributed by atoms with van der Waals surface area (Å²) in [5, 5.41) is 7.90. The maximum Gasteiger partial charge on any atom is 0.247 e. The van der Waals surface area contributed by atoms with Gasteiger partial charge in [-0.1, -0.05) is 0 Å². The Labute approximate surface area is 135 Å². The van der Waals surface area contributed by atoms with Gasteiger partial charge in [-0.2, -0.15) is 4.31 Å². The monoisotopic (exact) mass is 337 g/mol. The topological polar surface area (TPSA) is 85.5 Å². The fourth-order valence-corrected chi connectivity index (χ4v) is 3.98. The number of hydrogen-bond acceptors (Lipinski definition) is 6. The summed E-state index contributed by atoms with van der Waals surface area (Å²) in [5.41, 5.74) is 0.674. The van der Waals surface area contributed by atoms with Crippen molar-refractivity contribution in [2.45, 2.75) is 30.8 Å². The first-order valence-corrected chi connectivity index (χ1v) is 8.93. The van der Waals surface area contributed by atoms with Crippen LogP contribution in [0, 0.1) is 0 Å². The highest BCUT2D eigenvalue weighted by molar-refractivity contribution is 7.89. The van der Waals surface area contributed by atoms with Crippen LogP contribution in [0.1, 0.15) is 31.8 Å². The molecule has 0 amide bonds. The van der Waals surface area contributed by atoms with Gasteiger partial charge in [0.15, 0.2) is 0 Å². The van der Waals surface area contributed by atoms with E-state index in [9.17, 15) is 8.42 Å². The first-order chi connectivity index (χ1) is 11.0. The molecule has 1 saturated heterocycles. The van der Waals surface area contributed by atoms with E-state index in [4.69, 9.17) is 9.15 Å². The van der Waals surface area contributed by atoms with Crippen molar-refractivity contribution >= 4 is 10.0 Å². The van der Waals surface area contributed by atoms with E-state index < -0.39 is 10.0 Å². The van der Waals surface area contributed by atoms with Crippen molar-refractivity contribution in [1.29, 1.82) is 0 Å². The molecule has 7 nitrogen and oxygen atoms in total. The van der Waals surface area contributed by atoms with Gasteiger partial charge in [-0.25, -0.2) is 8.42 Å². The number of benzene rings is 1. The van der Waals surface area contributed by atoms with Gasteiger partial charge in [0.2, 0.25) is 21.8 Å². The fraction of sp³-hybridized carbons (Fsp3) is 0.467. The molecule has 0 saturated carbocycles. The molecule has 0 unspecified atom stereocenters. The second-order valence-corrected chi connectivity index (χ2v) is 7.40. The smallest absolute Gasteiger partial charge is 0.247 e. The van der Waals surface area contributed by atoms with Crippen LogP contribution in [0.4, 0.5) is 0 Å². The summed E-state index contributed by atoms with van der Waals surface area (Å²) in [6, 6.07) is 6.51. The van der Waals surface area contributed by atoms with Gasteiger partial charge < -0.3 is 9.15 Å². The third-order valence-corrected chi connectivity index (χ3v) is 5.86. The molecule has 3 rings (SSSR count). The Morgan fingerprint density at radius 3 is 2.43 bits per heavy atom. The number of sulfonamides is 1. The molecule has 23 heavy (non-hydrogen) atoms. The Hall–Kier alpha value is -1.77. The summed E-state index contributed by atoms with van der Waals surface area (Å²) in [5.74, 6) is 0.727. The highest BCUT2D eigenvalue weighted by atomic mass is 32.2. The van der Waals surface area contributed by atoms with Crippen LogP contribution in [0.5, 0.6) is 0 Å². The first-order valence-electron chi connectivity index (χ1n) is 7.49. The lowest BCUT2D eigenvalue weighted by atomic mass is 10.2. The maximum atomic E-state index is 12.5. The standard InChI is InChI=1S/C15H19N3O4S/c1-11(21-2)14-16-17-15(22-14)12-5-7-13(8-6-12)23(19,20)18-9-3-4-10-18/h5-8,11H,3-4,9-10H2,1-2H3/t11-/m1/s1. The van der Waals surface area contributed by atoms with Crippen molar-refractivity contribution < 1.29 is 17.6 Å². The molecule has 2 heterocycles. The average molecular weight is 337 g/mol. The van der Waals surface area contributed by atoms with Gasteiger partial charge in [0.25, 0.3) is 0 Å². The van der Waals surface area contributed by atoms with Crippen LogP contribution in [0.3, 0.4) is 0 Å². The van der Waals surface area contributed by atoms with Gasteiger partial charge in [-0.3, -0.25) is 0 Å². The average Bonchev–Trinajstić information content (AvgIpc) is 3.26. The van der Waals surface area contributed by atoms with E-state index in [1.54, 1.807) is 31.4 Å². The van der Waals surface area contributed by atoms with Gasteiger partial charge in [0, 0.05) is 25.8 Å². The third-order valence-electron chi connectivity index (χ3n) is 3.95. The lowest BCUT2D eigenvalue weighted by Crippen LogP contribution is -2.27. The lowest BCUT2D eigenvalue weighted by Gasteiger charge is -2.15. The quantitative estimate of drug-likeness (QED) is 0.831. The Balaban J connectivity index is 1.83. The minimum Gasteiger partial charge on any atom is -0.418 e. The Kier molecular flexibility index (Phi) is 4.47. The summed E-state index contributed by atoms with van der Waals surface area (Å²) in [6.07, 6.45) is 1.55. The molecule has 0 bridgehead atoms. The van der Waals surface area contributed by atoms with Crippen molar-refractivity contribution in [3.63, 3.8) is 0 Å². The van der Waals surface area contributed by atoms with Crippen LogP contribution in [0.25, 0.3) is 11.5 Å². The molecule has 8 heteroatoms. The zero-order valence-corrected chi connectivity index (χ0v) is 13.9. The van der Waals surface area contributed by atoms with Crippen molar-refractivity contribution in [3.8, 4) is 11.5 Å². The molecule has 1 aromatic carbocycles. The number of methoxy groups -OCH3 is 1. The summed E-state index contributed by atoms with van der Waals surface area (Å²) >= 11 is 0. The number of ether oxygens (including phenoxy) is 1. The van der Waals surface area contributed by atoms with E-state index >= 15 is 0 Å². The van der Waals surface area contributed by atoms with Crippen molar-refractivity contribution in [1.82, 2.24) is 14.5 Å².